The molecule has 1 aromatic carbocycles. The molecule has 2 heterocycles. The standard InChI is InChI=1S/C16H11Cl2N3O4S/c17-10-3-1-2-9(14(10)18)11-5-4-8(25-11)7-19-21-16-20-15(24)12(26-16)6-13(22)23/h1-5,7,12H,6H2,(H,22,23)(H,20,21,24)/b19-7+. The van der Waals surface area contributed by atoms with Crippen LogP contribution in [0.25, 0.3) is 11.3 Å². The second-order valence-electron chi connectivity index (χ2n) is 5.15. The predicted molar refractivity (Wildman–Crippen MR) is 101 cm³/mol. The normalized spacial score (nSPS) is 18.6. The fourth-order valence-electron chi connectivity index (χ4n) is 2.14. The first-order chi connectivity index (χ1) is 12.4. The summed E-state index contributed by atoms with van der Waals surface area (Å²) >= 11 is 13.2. The summed E-state index contributed by atoms with van der Waals surface area (Å²) in [6, 6.07) is 8.63. The molecule has 2 N–H and O–H groups in total. The summed E-state index contributed by atoms with van der Waals surface area (Å²) in [7, 11) is 0. The van der Waals surface area contributed by atoms with Crippen molar-refractivity contribution in [2.45, 2.75) is 11.7 Å². The van der Waals surface area contributed by atoms with Gasteiger partial charge >= 0.3 is 5.97 Å². The molecular weight excluding hydrogens is 401 g/mol. The van der Waals surface area contributed by atoms with Crippen LogP contribution in [0, 0.1) is 0 Å². The van der Waals surface area contributed by atoms with Gasteiger partial charge in [-0.3, -0.25) is 9.59 Å². The highest BCUT2D eigenvalue weighted by molar-refractivity contribution is 8.15. The average Bonchev–Trinajstić information content (AvgIpc) is 3.17. The third-order valence-electron chi connectivity index (χ3n) is 3.31. The molecule has 1 aliphatic rings. The topological polar surface area (TPSA) is 104 Å². The van der Waals surface area contributed by atoms with Crippen LogP contribution in [0.2, 0.25) is 10.0 Å². The number of hydrogen-bond donors (Lipinski definition) is 2. The molecule has 3 rings (SSSR count). The highest BCUT2D eigenvalue weighted by atomic mass is 35.5. The van der Waals surface area contributed by atoms with E-state index in [-0.39, 0.29) is 11.6 Å². The van der Waals surface area contributed by atoms with Gasteiger partial charge in [0.05, 0.1) is 22.7 Å². The highest BCUT2D eigenvalue weighted by Gasteiger charge is 2.32. The number of nitrogens with zero attached hydrogens (tertiary/aromatic N) is 2. The van der Waals surface area contributed by atoms with Crippen molar-refractivity contribution in [3.63, 3.8) is 0 Å². The van der Waals surface area contributed by atoms with Gasteiger partial charge in [0.15, 0.2) is 5.17 Å². The Morgan fingerprint density at radius 1 is 1.35 bits per heavy atom. The number of furan rings is 1. The minimum Gasteiger partial charge on any atom is -0.481 e. The van der Waals surface area contributed by atoms with Crippen molar-refractivity contribution in [3.8, 4) is 11.3 Å². The van der Waals surface area contributed by atoms with Crippen LogP contribution in [0.1, 0.15) is 12.2 Å². The molecule has 1 atom stereocenters. The number of aliphatic carboxylic acids is 1. The molecule has 7 nitrogen and oxygen atoms in total. The van der Waals surface area contributed by atoms with E-state index in [1.165, 1.54) is 6.21 Å². The van der Waals surface area contributed by atoms with Crippen LogP contribution in [0.4, 0.5) is 0 Å². The summed E-state index contributed by atoms with van der Waals surface area (Å²) in [5.74, 6) is -0.499. The zero-order valence-electron chi connectivity index (χ0n) is 13.0. The molecule has 0 saturated carbocycles. The van der Waals surface area contributed by atoms with Crippen molar-refractivity contribution in [3.05, 3.63) is 46.1 Å². The van der Waals surface area contributed by atoms with Crippen molar-refractivity contribution < 1.29 is 19.1 Å². The molecule has 1 fully saturated rings. The van der Waals surface area contributed by atoms with Gasteiger partial charge in [-0.05, 0) is 24.3 Å². The summed E-state index contributed by atoms with van der Waals surface area (Å²) in [6.07, 6.45) is 1.09. The van der Waals surface area contributed by atoms with Crippen LogP contribution in [0.5, 0.6) is 0 Å². The molecule has 1 aromatic heterocycles. The number of carboxylic acid groups (broad SMARTS) is 1. The maximum atomic E-state index is 11.6. The van der Waals surface area contributed by atoms with Crippen LogP contribution in [-0.4, -0.2) is 33.6 Å². The van der Waals surface area contributed by atoms with E-state index in [9.17, 15) is 9.59 Å². The number of thioether (sulfide) groups is 1. The number of carbonyl (C=O) groups excluding carboxylic acids is 1. The predicted octanol–water partition coefficient (Wildman–Crippen LogP) is 3.65. The first-order valence-electron chi connectivity index (χ1n) is 7.28. The molecule has 0 spiro atoms. The Balaban J connectivity index is 1.69. The van der Waals surface area contributed by atoms with Crippen LogP contribution < -0.4 is 5.32 Å². The molecule has 10 heteroatoms. The smallest absolute Gasteiger partial charge is 0.305 e. The number of rotatable bonds is 5. The Hall–Kier alpha value is -2.29. The minimum absolute atomic E-state index is 0.238. The number of amidine groups is 1. The van der Waals surface area contributed by atoms with Gasteiger partial charge in [0.1, 0.15) is 16.8 Å². The fourth-order valence-corrected chi connectivity index (χ4v) is 3.45. The average molecular weight is 412 g/mol. The van der Waals surface area contributed by atoms with Gasteiger partial charge in [-0.25, -0.2) is 0 Å². The van der Waals surface area contributed by atoms with Crippen LogP contribution >= 0.6 is 35.0 Å². The van der Waals surface area contributed by atoms with Gasteiger partial charge in [-0.2, -0.15) is 5.10 Å². The van der Waals surface area contributed by atoms with Crippen LogP contribution in [-0.2, 0) is 9.59 Å². The first-order valence-corrected chi connectivity index (χ1v) is 8.92. The zero-order chi connectivity index (χ0) is 18.7. The molecule has 1 unspecified atom stereocenters. The maximum Gasteiger partial charge on any atom is 0.305 e. The van der Waals surface area contributed by atoms with Gasteiger partial charge in [-0.15, -0.1) is 5.10 Å². The monoisotopic (exact) mass is 411 g/mol. The first kappa shape index (κ1) is 18.5. The van der Waals surface area contributed by atoms with E-state index in [1.54, 1.807) is 30.3 Å². The molecule has 2 aromatic rings. The number of halogens is 2. The van der Waals surface area contributed by atoms with E-state index in [4.69, 9.17) is 32.7 Å². The van der Waals surface area contributed by atoms with Crippen molar-refractivity contribution in [1.29, 1.82) is 0 Å². The molecule has 134 valence electrons. The second kappa shape index (κ2) is 7.94. The van der Waals surface area contributed by atoms with Gasteiger partial charge in [0, 0.05) is 5.56 Å². The van der Waals surface area contributed by atoms with Crippen molar-refractivity contribution >= 4 is 58.2 Å². The lowest BCUT2D eigenvalue weighted by Gasteiger charge is -2.01. The number of amides is 1. The number of carbonyl (C=O) groups is 2. The third kappa shape index (κ3) is 4.27. The Morgan fingerprint density at radius 2 is 2.15 bits per heavy atom. The van der Waals surface area contributed by atoms with Gasteiger partial charge in [-0.1, -0.05) is 41.0 Å². The van der Waals surface area contributed by atoms with E-state index in [0.29, 0.717) is 27.1 Å². The molecular formula is C16H11Cl2N3O4S. The van der Waals surface area contributed by atoms with E-state index >= 15 is 0 Å². The Bertz CT molecular complexity index is 926. The SMILES string of the molecule is O=C(O)CC1S/C(=N/N=C/c2ccc(-c3cccc(Cl)c3Cl)o2)NC1=O. The molecule has 1 saturated heterocycles. The van der Waals surface area contributed by atoms with E-state index in [0.717, 1.165) is 11.8 Å². The molecule has 26 heavy (non-hydrogen) atoms. The fraction of sp³-hybridized carbons (Fsp3) is 0.125. The number of carboxylic acids is 1. The van der Waals surface area contributed by atoms with Gasteiger partial charge < -0.3 is 14.8 Å². The minimum atomic E-state index is -1.05. The zero-order valence-corrected chi connectivity index (χ0v) is 15.3. The molecule has 0 bridgehead atoms. The Kier molecular flexibility index (Phi) is 5.65. The maximum absolute atomic E-state index is 11.6. The Labute approximate surface area is 162 Å². The van der Waals surface area contributed by atoms with E-state index < -0.39 is 17.1 Å². The molecule has 1 amide bonds. The molecule has 0 radical (unpaired) electrons. The van der Waals surface area contributed by atoms with Crippen molar-refractivity contribution in [2.24, 2.45) is 10.2 Å². The quantitative estimate of drug-likeness (QED) is 0.576. The second-order valence-corrected chi connectivity index (χ2v) is 7.12. The lowest BCUT2D eigenvalue weighted by molar-refractivity contribution is -0.138. The van der Waals surface area contributed by atoms with Crippen molar-refractivity contribution in [2.75, 3.05) is 0 Å². The largest absolute Gasteiger partial charge is 0.481 e. The molecule has 1 aliphatic heterocycles. The third-order valence-corrected chi connectivity index (χ3v) is 5.20. The number of hydrogen-bond acceptors (Lipinski definition) is 6. The summed E-state index contributed by atoms with van der Waals surface area (Å²) in [5, 5.41) is 19.3. The lowest BCUT2D eigenvalue weighted by Crippen LogP contribution is -2.26. The number of nitrogens with one attached hydrogen (secondary N) is 1. The number of benzene rings is 1. The van der Waals surface area contributed by atoms with E-state index in [1.807, 2.05) is 0 Å². The van der Waals surface area contributed by atoms with Crippen LogP contribution in [0.3, 0.4) is 0 Å². The van der Waals surface area contributed by atoms with Crippen molar-refractivity contribution in [1.82, 2.24) is 5.32 Å². The summed E-state index contributed by atoms with van der Waals surface area (Å²) in [5.41, 5.74) is 0.653. The van der Waals surface area contributed by atoms with Gasteiger partial charge in [0.25, 0.3) is 0 Å². The Morgan fingerprint density at radius 3 is 2.92 bits per heavy atom. The van der Waals surface area contributed by atoms with Gasteiger partial charge in [0.2, 0.25) is 5.91 Å². The summed E-state index contributed by atoms with van der Waals surface area (Å²) in [6.45, 7) is 0. The highest BCUT2D eigenvalue weighted by Crippen LogP contribution is 2.34. The summed E-state index contributed by atoms with van der Waals surface area (Å²) < 4.78 is 5.63. The van der Waals surface area contributed by atoms with E-state index in [2.05, 4.69) is 15.5 Å². The molecule has 0 aliphatic carbocycles. The summed E-state index contributed by atoms with van der Waals surface area (Å²) in [4.78, 5) is 22.3. The van der Waals surface area contributed by atoms with Crippen LogP contribution in [0.15, 0.2) is 45.0 Å². The lowest BCUT2D eigenvalue weighted by atomic mass is 10.2.